The Labute approximate surface area is 179 Å². The normalized spacial score (nSPS) is 12.5. The van der Waals surface area contributed by atoms with Gasteiger partial charge in [0.15, 0.2) is 0 Å². The summed E-state index contributed by atoms with van der Waals surface area (Å²) in [6, 6.07) is 11.5. The van der Waals surface area contributed by atoms with Gasteiger partial charge < -0.3 is 9.47 Å². The third-order valence-corrected chi connectivity index (χ3v) is 5.25. The first-order valence-electron chi connectivity index (χ1n) is 9.81. The molecule has 0 aliphatic heterocycles. The molecule has 162 valence electrons. The molecule has 0 radical (unpaired) electrons. The molecule has 0 aliphatic carbocycles. The molecule has 31 heavy (non-hydrogen) atoms. The molecule has 0 saturated heterocycles. The molecule has 0 aliphatic rings. The molecule has 1 atom stereocenters. The second-order valence-electron chi connectivity index (χ2n) is 7.16. The lowest BCUT2D eigenvalue weighted by Crippen LogP contribution is -2.28. The highest BCUT2D eigenvalue weighted by molar-refractivity contribution is 5.86. The van der Waals surface area contributed by atoms with Crippen molar-refractivity contribution in [1.82, 2.24) is 9.78 Å². The van der Waals surface area contributed by atoms with Gasteiger partial charge in [0, 0.05) is 18.1 Å². The Morgan fingerprint density at radius 2 is 2.06 bits per heavy atom. The van der Waals surface area contributed by atoms with Crippen LogP contribution in [0, 0.1) is 18.3 Å². The largest absolute Gasteiger partial charge is 0.461 e. The molecule has 6 nitrogen and oxygen atoms in total. The predicted molar refractivity (Wildman–Crippen MR) is 111 cm³/mol. The average Bonchev–Trinajstić information content (AvgIpc) is 3.12. The number of carbonyl (C=O) groups excluding carboxylic acids is 1. The fourth-order valence-corrected chi connectivity index (χ4v) is 3.43. The van der Waals surface area contributed by atoms with Crippen molar-refractivity contribution in [2.45, 2.75) is 39.3 Å². The lowest BCUT2D eigenvalue weighted by molar-refractivity contribution is -0.173. The number of alkyl halides is 2. The predicted octanol–water partition coefficient (Wildman–Crippen LogP) is 4.63. The molecule has 8 heteroatoms. The lowest BCUT2D eigenvalue weighted by atomic mass is 10.0. The van der Waals surface area contributed by atoms with E-state index in [1.54, 1.807) is 16.8 Å². The highest BCUT2D eigenvalue weighted by Gasteiger charge is 2.43. The van der Waals surface area contributed by atoms with Crippen molar-refractivity contribution in [1.29, 1.82) is 5.26 Å². The van der Waals surface area contributed by atoms with Crippen LogP contribution in [-0.2, 0) is 26.7 Å². The summed E-state index contributed by atoms with van der Waals surface area (Å²) in [5.74, 6) is -5.40. The molecule has 3 aromatic rings. The van der Waals surface area contributed by atoms with E-state index in [1.807, 2.05) is 19.9 Å². The van der Waals surface area contributed by atoms with E-state index >= 15 is 0 Å². The molecule has 2 aromatic carbocycles. The van der Waals surface area contributed by atoms with Crippen LogP contribution in [0.3, 0.4) is 0 Å². The number of aryl methyl sites for hydroxylation is 1. The summed E-state index contributed by atoms with van der Waals surface area (Å²) >= 11 is 0. The van der Waals surface area contributed by atoms with Crippen molar-refractivity contribution in [3.63, 3.8) is 0 Å². The zero-order valence-electron chi connectivity index (χ0n) is 17.8. The lowest BCUT2D eigenvalue weighted by Gasteiger charge is -2.15. The zero-order valence-corrected chi connectivity index (χ0v) is 17.8. The number of fused-ring (bicyclic) bond motifs is 1. The molecule has 1 aromatic heterocycles. The molecule has 1 heterocycles. The fourth-order valence-electron chi connectivity index (χ4n) is 3.43. The number of aromatic nitrogens is 2. The number of nitriles is 1. The second kappa shape index (κ2) is 8.82. The molecule has 0 spiro atoms. The van der Waals surface area contributed by atoms with Crippen molar-refractivity contribution in [3.05, 3.63) is 64.3 Å². The van der Waals surface area contributed by atoms with Gasteiger partial charge in [-0.15, -0.1) is 0 Å². The maximum atomic E-state index is 14.7. The number of hydrogen-bond donors (Lipinski definition) is 0. The summed E-state index contributed by atoms with van der Waals surface area (Å²) in [5.41, 5.74) is 2.62. The number of hydrogen-bond acceptors (Lipinski definition) is 5. The van der Waals surface area contributed by atoms with Gasteiger partial charge in [-0.2, -0.15) is 19.1 Å². The van der Waals surface area contributed by atoms with Crippen LogP contribution in [0.4, 0.5) is 8.78 Å². The number of esters is 1. The van der Waals surface area contributed by atoms with E-state index in [0.29, 0.717) is 22.2 Å². The summed E-state index contributed by atoms with van der Waals surface area (Å²) in [5, 5.41) is 14.7. The van der Waals surface area contributed by atoms with Crippen LogP contribution in [0.15, 0.2) is 36.4 Å². The van der Waals surface area contributed by atoms with E-state index < -0.39 is 17.5 Å². The molecular weight excluding hydrogens is 404 g/mol. The van der Waals surface area contributed by atoms with Crippen molar-refractivity contribution in [2.75, 3.05) is 13.7 Å². The number of benzene rings is 2. The summed E-state index contributed by atoms with van der Waals surface area (Å²) in [4.78, 5) is 11.8. The second-order valence-corrected chi connectivity index (χ2v) is 7.16. The highest BCUT2D eigenvalue weighted by Crippen LogP contribution is 2.34. The molecular formula is C23H23F2N3O3. The topological polar surface area (TPSA) is 77.1 Å². The fraction of sp³-hybridized carbons (Fsp3) is 0.348. The van der Waals surface area contributed by atoms with Crippen LogP contribution in [0.5, 0.6) is 0 Å². The van der Waals surface area contributed by atoms with Crippen LogP contribution in [-0.4, -0.2) is 29.5 Å². The molecule has 1 unspecified atom stereocenters. The minimum absolute atomic E-state index is 0.145. The van der Waals surface area contributed by atoms with E-state index in [-0.39, 0.29) is 19.3 Å². The maximum absolute atomic E-state index is 14.7. The number of carbonyl (C=O) groups is 1. The zero-order chi connectivity index (χ0) is 22.8. The Bertz CT molecular complexity index is 1160. The summed E-state index contributed by atoms with van der Waals surface area (Å²) in [6.45, 7) is 5.22. The van der Waals surface area contributed by atoms with Gasteiger partial charge in [-0.05, 0) is 44.0 Å². The van der Waals surface area contributed by atoms with Crippen LogP contribution in [0.2, 0.25) is 0 Å². The highest BCUT2D eigenvalue weighted by atomic mass is 19.3. The van der Waals surface area contributed by atoms with E-state index in [0.717, 1.165) is 11.1 Å². The van der Waals surface area contributed by atoms with Crippen LogP contribution >= 0.6 is 0 Å². The third kappa shape index (κ3) is 4.14. The van der Waals surface area contributed by atoms with Crippen molar-refractivity contribution in [2.24, 2.45) is 0 Å². The Kier molecular flexibility index (Phi) is 6.37. The summed E-state index contributed by atoms with van der Waals surface area (Å²) in [6.07, 6.45) is -0.382. The van der Waals surface area contributed by atoms with Gasteiger partial charge in [0.25, 0.3) is 0 Å². The van der Waals surface area contributed by atoms with Gasteiger partial charge in [-0.1, -0.05) is 24.3 Å². The van der Waals surface area contributed by atoms with Crippen LogP contribution in [0.1, 0.15) is 47.9 Å². The van der Waals surface area contributed by atoms with Crippen molar-refractivity contribution >= 4 is 16.9 Å². The number of halogens is 2. The summed E-state index contributed by atoms with van der Waals surface area (Å²) in [7, 11) is 1.54. The van der Waals surface area contributed by atoms with Crippen LogP contribution < -0.4 is 0 Å². The van der Waals surface area contributed by atoms with Crippen molar-refractivity contribution in [3.8, 4) is 6.07 Å². The first-order valence-corrected chi connectivity index (χ1v) is 9.81. The Balaban J connectivity index is 2.19. The van der Waals surface area contributed by atoms with Gasteiger partial charge in [0.05, 0.1) is 42.1 Å². The van der Waals surface area contributed by atoms with Gasteiger partial charge in [0.1, 0.15) is 0 Å². The molecule has 0 saturated carbocycles. The molecule has 3 rings (SSSR count). The van der Waals surface area contributed by atoms with Crippen molar-refractivity contribution < 1.29 is 23.0 Å². The molecule has 0 bridgehead atoms. The number of nitrogens with zero attached hydrogens (tertiary/aromatic N) is 3. The monoisotopic (exact) mass is 427 g/mol. The van der Waals surface area contributed by atoms with E-state index in [9.17, 15) is 18.8 Å². The standard InChI is InChI=1S/C23H23F2N3O3/c1-5-31-22(29)23(24,25)17-9-10-18-20(11-17)28(27-21(18)15(3)30-4)13-19-14(2)7-6-8-16(19)12-26/h6-11,15H,5,13H2,1-4H3. The summed E-state index contributed by atoms with van der Waals surface area (Å²) < 4.78 is 40.8. The van der Waals surface area contributed by atoms with Gasteiger partial charge in [-0.3, -0.25) is 4.68 Å². The molecule has 0 fully saturated rings. The van der Waals surface area contributed by atoms with E-state index in [1.165, 1.54) is 32.2 Å². The number of ether oxygens (including phenoxy) is 2. The third-order valence-electron chi connectivity index (χ3n) is 5.25. The molecule has 0 amide bonds. The molecule has 0 N–H and O–H groups in total. The van der Waals surface area contributed by atoms with Crippen LogP contribution in [0.25, 0.3) is 10.9 Å². The number of methoxy groups -OCH3 is 1. The maximum Gasteiger partial charge on any atom is 0.381 e. The SMILES string of the molecule is CCOC(=O)C(F)(F)c1ccc2c(C(C)OC)nn(Cc3c(C)cccc3C#N)c2c1. The van der Waals surface area contributed by atoms with E-state index in [2.05, 4.69) is 15.9 Å². The smallest absolute Gasteiger partial charge is 0.381 e. The van der Waals surface area contributed by atoms with Gasteiger partial charge >= 0.3 is 11.9 Å². The first kappa shape index (κ1) is 22.4. The Hall–Kier alpha value is -3.31. The minimum atomic E-state index is -3.80. The Morgan fingerprint density at radius 3 is 2.71 bits per heavy atom. The average molecular weight is 427 g/mol. The van der Waals surface area contributed by atoms with Gasteiger partial charge in [0.2, 0.25) is 0 Å². The van der Waals surface area contributed by atoms with E-state index in [4.69, 9.17) is 4.74 Å². The quantitative estimate of drug-likeness (QED) is 0.514. The number of rotatable bonds is 7. The van der Waals surface area contributed by atoms with Gasteiger partial charge in [-0.25, -0.2) is 4.79 Å². The Morgan fingerprint density at radius 1 is 1.32 bits per heavy atom. The minimum Gasteiger partial charge on any atom is -0.461 e. The first-order chi connectivity index (χ1) is 14.7.